The van der Waals surface area contributed by atoms with Crippen LogP contribution in [0.4, 0.5) is 4.39 Å². The van der Waals surface area contributed by atoms with Crippen LogP contribution in [0.1, 0.15) is 12.8 Å². The minimum absolute atomic E-state index is 0.0539. The molecular weight excluding hydrogens is 267 g/mol. The van der Waals surface area contributed by atoms with Gasteiger partial charge in [-0.15, -0.1) is 0 Å². The summed E-state index contributed by atoms with van der Waals surface area (Å²) in [5.41, 5.74) is 0.0539. The van der Waals surface area contributed by atoms with Crippen LogP contribution >= 0.6 is 0 Å². The van der Waals surface area contributed by atoms with Crippen molar-refractivity contribution < 1.29 is 12.8 Å². The van der Waals surface area contributed by atoms with Crippen LogP contribution in [-0.4, -0.2) is 38.9 Å². The van der Waals surface area contributed by atoms with Gasteiger partial charge in [-0.1, -0.05) is 12.1 Å². The Bertz CT molecular complexity index is 582. The van der Waals surface area contributed by atoms with Crippen LogP contribution in [0, 0.1) is 11.2 Å². The number of benzene rings is 1. The van der Waals surface area contributed by atoms with Crippen LogP contribution in [0.15, 0.2) is 29.2 Å². The number of halogens is 1. The molecule has 104 valence electrons. The zero-order valence-electron chi connectivity index (χ0n) is 10.6. The van der Waals surface area contributed by atoms with E-state index >= 15 is 0 Å². The lowest BCUT2D eigenvalue weighted by atomic mass is 9.87. The van der Waals surface area contributed by atoms with E-state index in [4.69, 9.17) is 0 Å². The molecule has 19 heavy (non-hydrogen) atoms. The number of hydrogen-bond donors (Lipinski definition) is 1. The van der Waals surface area contributed by atoms with Crippen molar-refractivity contribution in [3.05, 3.63) is 30.1 Å². The Kier molecular flexibility index (Phi) is 3.11. The summed E-state index contributed by atoms with van der Waals surface area (Å²) in [5.74, 6) is -0.673. The summed E-state index contributed by atoms with van der Waals surface area (Å²) in [6.07, 6.45) is 1.85. The third kappa shape index (κ3) is 2.17. The van der Waals surface area contributed by atoms with Crippen LogP contribution in [0.25, 0.3) is 0 Å². The Labute approximate surface area is 112 Å². The van der Waals surface area contributed by atoms with E-state index in [9.17, 15) is 12.8 Å². The summed E-state index contributed by atoms with van der Waals surface area (Å²) in [5, 5.41) is 3.28. The summed E-state index contributed by atoms with van der Waals surface area (Å²) < 4.78 is 40.0. The van der Waals surface area contributed by atoms with Crippen LogP contribution in [0.5, 0.6) is 0 Å². The molecule has 0 radical (unpaired) electrons. The molecule has 1 atom stereocenters. The molecule has 1 aromatic rings. The number of rotatable bonds is 2. The summed E-state index contributed by atoms with van der Waals surface area (Å²) in [6.45, 7) is 2.78. The Morgan fingerprint density at radius 3 is 2.74 bits per heavy atom. The summed E-state index contributed by atoms with van der Waals surface area (Å²) in [7, 11) is -3.70. The van der Waals surface area contributed by atoms with Crippen molar-refractivity contribution in [1.29, 1.82) is 0 Å². The van der Waals surface area contributed by atoms with Gasteiger partial charge >= 0.3 is 0 Å². The average molecular weight is 284 g/mol. The van der Waals surface area contributed by atoms with Gasteiger partial charge in [0.2, 0.25) is 10.0 Å². The molecule has 0 amide bonds. The van der Waals surface area contributed by atoms with Gasteiger partial charge in [0.15, 0.2) is 0 Å². The molecule has 1 N–H and O–H groups in total. The molecule has 0 aromatic heterocycles. The molecule has 2 heterocycles. The lowest BCUT2D eigenvalue weighted by Crippen LogP contribution is -2.33. The molecule has 4 nitrogen and oxygen atoms in total. The van der Waals surface area contributed by atoms with Crippen molar-refractivity contribution in [2.75, 3.05) is 26.2 Å². The van der Waals surface area contributed by atoms with Crippen LogP contribution < -0.4 is 5.32 Å². The maximum Gasteiger partial charge on any atom is 0.246 e. The number of nitrogens with one attached hydrogen (secondary N) is 1. The highest BCUT2D eigenvalue weighted by molar-refractivity contribution is 7.89. The largest absolute Gasteiger partial charge is 0.316 e. The van der Waals surface area contributed by atoms with Crippen molar-refractivity contribution in [3.8, 4) is 0 Å². The minimum atomic E-state index is -3.70. The second-order valence-electron chi connectivity index (χ2n) is 5.45. The van der Waals surface area contributed by atoms with Gasteiger partial charge in [0, 0.05) is 19.6 Å². The molecule has 2 fully saturated rings. The molecule has 3 rings (SSSR count). The fourth-order valence-electron chi connectivity index (χ4n) is 3.04. The van der Waals surface area contributed by atoms with Gasteiger partial charge in [-0.25, -0.2) is 12.8 Å². The van der Waals surface area contributed by atoms with Crippen molar-refractivity contribution >= 4 is 10.0 Å². The molecule has 2 aliphatic rings. The van der Waals surface area contributed by atoms with Gasteiger partial charge in [-0.2, -0.15) is 4.31 Å². The highest BCUT2D eigenvalue weighted by Gasteiger charge is 2.44. The Hall–Kier alpha value is -0.980. The Morgan fingerprint density at radius 2 is 2.05 bits per heavy atom. The number of hydrogen-bond acceptors (Lipinski definition) is 3. The van der Waals surface area contributed by atoms with Crippen molar-refractivity contribution in [2.24, 2.45) is 5.41 Å². The molecular formula is C13H17FN2O2S. The lowest BCUT2D eigenvalue weighted by molar-refractivity contribution is 0.337. The van der Waals surface area contributed by atoms with E-state index in [0.29, 0.717) is 13.1 Å². The molecule has 1 spiro atoms. The first kappa shape index (κ1) is 13.0. The second-order valence-corrected chi connectivity index (χ2v) is 7.35. The monoisotopic (exact) mass is 284 g/mol. The van der Waals surface area contributed by atoms with E-state index < -0.39 is 15.8 Å². The van der Waals surface area contributed by atoms with Gasteiger partial charge in [0.1, 0.15) is 10.7 Å². The van der Waals surface area contributed by atoms with Gasteiger partial charge in [0.25, 0.3) is 0 Å². The zero-order valence-corrected chi connectivity index (χ0v) is 11.4. The zero-order chi connectivity index (χ0) is 13.5. The standard InChI is InChI=1S/C13H17FN2O2S/c14-11-3-1-2-4-12(11)19(17,18)16-8-6-13(10-16)5-7-15-9-13/h1-4,15H,5-10H2. The van der Waals surface area contributed by atoms with Crippen molar-refractivity contribution in [1.82, 2.24) is 9.62 Å². The first-order valence-electron chi connectivity index (χ1n) is 6.49. The van der Waals surface area contributed by atoms with Gasteiger partial charge in [-0.05, 0) is 36.9 Å². The minimum Gasteiger partial charge on any atom is -0.316 e. The van der Waals surface area contributed by atoms with E-state index in [0.717, 1.165) is 25.9 Å². The molecule has 0 aliphatic carbocycles. The van der Waals surface area contributed by atoms with Crippen LogP contribution in [0.2, 0.25) is 0 Å². The molecule has 0 saturated carbocycles. The number of sulfonamides is 1. The van der Waals surface area contributed by atoms with E-state index in [2.05, 4.69) is 5.32 Å². The molecule has 0 bridgehead atoms. The Morgan fingerprint density at radius 1 is 1.26 bits per heavy atom. The smallest absolute Gasteiger partial charge is 0.246 e. The Balaban J connectivity index is 1.88. The van der Waals surface area contributed by atoms with E-state index in [1.54, 1.807) is 6.07 Å². The first-order valence-corrected chi connectivity index (χ1v) is 7.93. The van der Waals surface area contributed by atoms with Gasteiger partial charge in [-0.3, -0.25) is 0 Å². The predicted octanol–water partition coefficient (Wildman–Crippen LogP) is 1.20. The summed E-state index contributed by atoms with van der Waals surface area (Å²) >= 11 is 0. The fourth-order valence-corrected chi connectivity index (χ4v) is 4.65. The quantitative estimate of drug-likeness (QED) is 0.888. The van der Waals surface area contributed by atoms with E-state index in [-0.39, 0.29) is 10.3 Å². The average Bonchev–Trinajstić information content (AvgIpc) is 3.01. The molecule has 6 heteroatoms. The second kappa shape index (κ2) is 4.54. The first-order chi connectivity index (χ1) is 9.04. The maximum absolute atomic E-state index is 13.7. The molecule has 2 aliphatic heterocycles. The van der Waals surface area contributed by atoms with Crippen molar-refractivity contribution in [3.63, 3.8) is 0 Å². The normalized spacial score (nSPS) is 28.3. The van der Waals surface area contributed by atoms with Crippen LogP contribution in [0.3, 0.4) is 0 Å². The summed E-state index contributed by atoms with van der Waals surface area (Å²) in [4.78, 5) is -0.210. The lowest BCUT2D eigenvalue weighted by Gasteiger charge is -2.22. The highest BCUT2D eigenvalue weighted by Crippen LogP contribution is 2.38. The third-order valence-corrected chi connectivity index (χ3v) is 6.07. The van der Waals surface area contributed by atoms with E-state index in [1.807, 2.05) is 0 Å². The molecule has 1 unspecified atom stereocenters. The van der Waals surface area contributed by atoms with Crippen LogP contribution in [-0.2, 0) is 10.0 Å². The molecule has 2 saturated heterocycles. The fraction of sp³-hybridized carbons (Fsp3) is 0.538. The van der Waals surface area contributed by atoms with Gasteiger partial charge < -0.3 is 5.32 Å². The van der Waals surface area contributed by atoms with E-state index in [1.165, 1.54) is 22.5 Å². The predicted molar refractivity (Wildman–Crippen MR) is 69.7 cm³/mol. The third-order valence-electron chi connectivity index (χ3n) is 4.19. The highest BCUT2D eigenvalue weighted by atomic mass is 32.2. The van der Waals surface area contributed by atoms with Crippen molar-refractivity contribution in [2.45, 2.75) is 17.7 Å². The SMILES string of the molecule is O=S(=O)(c1ccccc1F)N1CCC2(CCNC2)C1. The molecule has 1 aromatic carbocycles. The number of nitrogens with zero attached hydrogens (tertiary/aromatic N) is 1. The summed E-state index contributed by atoms with van der Waals surface area (Å²) in [6, 6.07) is 5.58. The van der Waals surface area contributed by atoms with Gasteiger partial charge in [0.05, 0.1) is 0 Å². The topological polar surface area (TPSA) is 49.4 Å². The maximum atomic E-state index is 13.7.